The van der Waals surface area contributed by atoms with Crippen molar-refractivity contribution in [1.29, 1.82) is 5.26 Å². The summed E-state index contributed by atoms with van der Waals surface area (Å²) in [6.07, 6.45) is 8.63. The number of hydrogen-bond donors (Lipinski definition) is 1. The summed E-state index contributed by atoms with van der Waals surface area (Å²) >= 11 is 7.90. The summed E-state index contributed by atoms with van der Waals surface area (Å²) in [6, 6.07) is 18.6. The Morgan fingerprint density at radius 1 is 0.967 bits per heavy atom. The zero-order valence-electron chi connectivity index (χ0n) is 33.5. The lowest BCUT2D eigenvalue weighted by Crippen LogP contribution is -2.42. The molecule has 1 aliphatic carbocycles. The van der Waals surface area contributed by atoms with E-state index in [1.165, 1.54) is 10.4 Å². The Kier molecular flexibility index (Phi) is 11.1. The predicted molar refractivity (Wildman–Crippen MR) is 227 cm³/mol. The topological polar surface area (TPSA) is 169 Å². The Morgan fingerprint density at radius 3 is 2.50 bits per heavy atom. The lowest BCUT2D eigenvalue weighted by molar-refractivity contribution is 0.0888. The number of nitriles is 1. The third-order valence-corrected chi connectivity index (χ3v) is 13.0. The molecule has 0 radical (unpaired) electrons. The number of aryl methyl sites for hydroxylation is 2. The zero-order chi connectivity index (χ0) is 41.3. The number of amides is 1. The summed E-state index contributed by atoms with van der Waals surface area (Å²) in [5, 5.41) is 31.5. The van der Waals surface area contributed by atoms with Crippen LogP contribution in [0.15, 0.2) is 76.5 Å². The van der Waals surface area contributed by atoms with Crippen LogP contribution in [0.4, 0.5) is 5.82 Å². The number of oxazole rings is 1. The third kappa shape index (κ3) is 8.09. The fourth-order valence-corrected chi connectivity index (χ4v) is 9.65. The van der Waals surface area contributed by atoms with Crippen LogP contribution < -0.4 is 19.7 Å². The number of carbonyl (C=O) groups is 1. The van der Waals surface area contributed by atoms with E-state index in [-0.39, 0.29) is 35.9 Å². The van der Waals surface area contributed by atoms with Crippen molar-refractivity contribution in [2.24, 2.45) is 4.99 Å². The Hall–Kier alpha value is -6.11. The molecule has 9 rings (SSSR count). The summed E-state index contributed by atoms with van der Waals surface area (Å²) in [5.74, 6) is 4.06. The molecule has 2 fully saturated rings. The molecule has 306 valence electrons. The Morgan fingerprint density at radius 2 is 1.77 bits per heavy atom. The van der Waals surface area contributed by atoms with E-state index < -0.39 is 0 Å². The van der Waals surface area contributed by atoms with E-state index in [2.05, 4.69) is 72.2 Å². The van der Waals surface area contributed by atoms with Gasteiger partial charge in [0.2, 0.25) is 0 Å². The standard InChI is InChI=1S/C44H43ClN10O4S/c1-25-26(2)60-44-40(25)41(49-37(22-39-47-18-20-57-39)42-53-50-27(3)55(42)44)28-6-11-31(12-7-28)59-34-5-4-19-54(24-34)38-17-16-36(51-52-38)43(56)48-30-9-14-32(15-10-30)58-33-13-8-29(23-46)35(45)21-33/h6-8,11-13,16-18,20-21,30,32,34,37H,4-5,9-10,14-15,19,22,24H2,1-3H3,(H,48,56)/t30-,32-,34-,37+/m1/s1. The van der Waals surface area contributed by atoms with E-state index in [0.29, 0.717) is 41.0 Å². The first-order chi connectivity index (χ1) is 29.2. The highest BCUT2D eigenvalue weighted by Gasteiger charge is 2.33. The molecule has 1 saturated heterocycles. The molecule has 0 bridgehead atoms. The molecule has 14 nitrogen and oxygen atoms in total. The highest BCUT2D eigenvalue weighted by Crippen LogP contribution is 2.40. The number of nitrogens with one attached hydrogen (secondary N) is 1. The van der Waals surface area contributed by atoms with Crippen LogP contribution in [-0.2, 0) is 6.42 Å². The van der Waals surface area contributed by atoms with E-state index >= 15 is 0 Å². The van der Waals surface area contributed by atoms with Gasteiger partial charge in [-0.3, -0.25) is 14.4 Å². The van der Waals surface area contributed by atoms with Crippen LogP contribution in [0.3, 0.4) is 0 Å². The van der Waals surface area contributed by atoms with Crippen LogP contribution in [0.1, 0.15) is 99.7 Å². The molecule has 1 amide bonds. The molecule has 1 N–H and O–H groups in total. The molecular weight excluding hydrogens is 800 g/mol. The summed E-state index contributed by atoms with van der Waals surface area (Å²) in [7, 11) is 0. The van der Waals surface area contributed by atoms with E-state index in [1.807, 2.05) is 25.1 Å². The minimum atomic E-state index is -0.343. The number of aromatic nitrogens is 6. The van der Waals surface area contributed by atoms with Gasteiger partial charge in [0.25, 0.3) is 5.91 Å². The van der Waals surface area contributed by atoms with Gasteiger partial charge in [0.1, 0.15) is 46.8 Å². The second-order valence-electron chi connectivity index (χ2n) is 15.5. The highest BCUT2D eigenvalue weighted by atomic mass is 35.5. The largest absolute Gasteiger partial charge is 0.490 e. The van der Waals surface area contributed by atoms with Crippen LogP contribution >= 0.6 is 22.9 Å². The van der Waals surface area contributed by atoms with E-state index in [0.717, 1.165) is 84.3 Å². The van der Waals surface area contributed by atoms with E-state index in [4.69, 9.17) is 35.7 Å². The number of benzene rings is 2. The van der Waals surface area contributed by atoms with Crippen LogP contribution in [-0.4, -0.2) is 72.9 Å². The van der Waals surface area contributed by atoms with Gasteiger partial charge in [0.15, 0.2) is 23.2 Å². The van der Waals surface area contributed by atoms with Crippen molar-refractivity contribution in [2.75, 3.05) is 18.0 Å². The highest BCUT2D eigenvalue weighted by molar-refractivity contribution is 7.15. The maximum atomic E-state index is 13.1. The first-order valence-corrected chi connectivity index (χ1v) is 21.4. The number of ether oxygens (including phenoxy) is 2. The summed E-state index contributed by atoms with van der Waals surface area (Å²) in [4.78, 5) is 26.2. The minimum Gasteiger partial charge on any atom is -0.490 e. The molecule has 4 aromatic heterocycles. The number of carbonyl (C=O) groups excluding carboxylic acids is 1. The Labute approximate surface area is 356 Å². The number of thiophene rings is 1. The van der Waals surface area contributed by atoms with Gasteiger partial charge in [-0.2, -0.15) is 5.26 Å². The molecule has 3 aliphatic rings. The first-order valence-electron chi connectivity index (χ1n) is 20.2. The van der Waals surface area contributed by atoms with Gasteiger partial charge in [0, 0.05) is 34.7 Å². The number of halogens is 1. The van der Waals surface area contributed by atoms with Crippen molar-refractivity contribution in [1.82, 2.24) is 35.3 Å². The number of piperidine rings is 1. The van der Waals surface area contributed by atoms with Gasteiger partial charge in [-0.15, -0.1) is 31.7 Å². The lowest BCUT2D eigenvalue weighted by atomic mass is 9.93. The summed E-state index contributed by atoms with van der Waals surface area (Å²) in [5.41, 5.74) is 4.84. The minimum absolute atomic E-state index is 0.0163. The van der Waals surface area contributed by atoms with Gasteiger partial charge in [-0.05, 0) is 113 Å². The van der Waals surface area contributed by atoms with Crippen molar-refractivity contribution >= 4 is 40.4 Å². The number of aliphatic imine (C=N–C) groups is 1. The van der Waals surface area contributed by atoms with E-state index in [1.54, 1.807) is 48.1 Å². The van der Waals surface area contributed by atoms with Gasteiger partial charge in [0.05, 0.1) is 41.6 Å². The third-order valence-electron chi connectivity index (χ3n) is 11.5. The van der Waals surface area contributed by atoms with Gasteiger partial charge in [-0.1, -0.05) is 11.6 Å². The number of nitrogens with zero attached hydrogens (tertiary/aromatic N) is 9. The molecule has 2 aromatic carbocycles. The van der Waals surface area contributed by atoms with Crippen LogP contribution in [0.25, 0.3) is 5.00 Å². The van der Waals surface area contributed by atoms with Crippen LogP contribution in [0.5, 0.6) is 11.5 Å². The normalized spacial score (nSPS) is 20.0. The molecule has 0 unspecified atom stereocenters. The predicted octanol–water partition coefficient (Wildman–Crippen LogP) is 7.86. The molecule has 16 heteroatoms. The average Bonchev–Trinajstić information content (AvgIpc) is 3.97. The van der Waals surface area contributed by atoms with Gasteiger partial charge in [-0.25, -0.2) is 4.98 Å². The number of fused-ring (bicyclic) bond motifs is 3. The smallest absolute Gasteiger partial charge is 0.272 e. The summed E-state index contributed by atoms with van der Waals surface area (Å²) in [6.45, 7) is 7.73. The summed E-state index contributed by atoms with van der Waals surface area (Å²) < 4.78 is 20.4. The van der Waals surface area contributed by atoms with Gasteiger partial charge >= 0.3 is 0 Å². The van der Waals surface area contributed by atoms with Crippen molar-refractivity contribution in [3.05, 3.63) is 122 Å². The van der Waals surface area contributed by atoms with Crippen molar-refractivity contribution < 1.29 is 18.7 Å². The van der Waals surface area contributed by atoms with E-state index in [9.17, 15) is 4.79 Å². The first kappa shape index (κ1) is 39.4. The maximum Gasteiger partial charge on any atom is 0.272 e. The Bertz CT molecular complexity index is 2570. The number of rotatable bonds is 10. The molecule has 2 aliphatic heterocycles. The second-order valence-corrected chi connectivity index (χ2v) is 17.1. The molecule has 1 saturated carbocycles. The molecule has 0 spiro atoms. The monoisotopic (exact) mass is 842 g/mol. The molecule has 6 aromatic rings. The molecule has 60 heavy (non-hydrogen) atoms. The molecular formula is C44H43ClN10O4S. The van der Waals surface area contributed by atoms with Crippen LogP contribution in [0, 0.1) is 32.1 Å². The lowest BCUT2D eigenvalue weighted by Gasteiger charge is -2.33. The number of anilines is 1. The van der Waals surface area contributed by atoms with Crippen molar-refractivity contribution in [3.63, 3.8) is 0 Å². The average molecular weight is 843 g/mol. The van der Waals surface area contributed by atoms with Crippen molar-refractivity contribution in [3.8, 4) is 22.6 Å². The quantitative estimate of drug-likeness (QED) is 0.143. The number of hydrogen-bond acceptors (Lipinski definition) is 13. The van der Waals surface area contributed by atoms with Crippen LogP contribution in [0.2, 0.25) is 5.02 Å². The van der Waals surface area contributed by atoms with Gasteiger partial charge < -0.3 is 24.1 Å². The molecule has 2 atom stereocenters. The molecule has 6 heterocycles. The fourth-order valence-electron chi connectivity index (χ4n) is 8.22. The second kappa shape index (κ2) is 16.9. The van der Waals surface area contributed by atoms with Crippen molar-refractivity contribution in [2.45, 2.75) is 90.0 Å². The SMILES string of the molecule is Cc1sc2c(c1C)C(c1ccc(O[C@@H]3CCCN(c4ccc(C(=O)N[C@H]5CC[C@H](Oc6ccc(C#N)c(Cl)c6)CC5)nn4)C3)cc1)=N[C@@H](Cc1ncco1)c1nnc(C)n1-2. The maximum absolute atomic E-state index is 13.1. The Balaban J connectivity index is 0.821. The fraction of sp³-hybridized carbons (Fsp3) is 0.364. The zero-order valence-corrected chi connectivity index (χ0v) is 35.0.